The number of nitro groups is 1. The van der Waals surface area contributed by atoms with Crippen LogP contribution in [0.3, 0.4) is 0 Å². The number of carbonyl (C=O) groups is 1. The molecule has 11 heteroatoms. The maximum Gasteiger partial charge on any atom is 0.422 e. The number of aromatic nitrogens is 1. The van der Waals surface area contributed by atoms with Gasteiger partial charge in [0, 0.05) is 17.0 Å². The van der Waals surface area contributed by atoms with Gasteiger partial charge in [0.25, 0.3) is 11.6 Å². The van der Waals surface area contributed by atoms with Crippen LogP contribution in [0, 0.1) is 30.9 Å². The lowest BCUT2D eigenvalue weighted by Gasteiger charge is -2.10. The second-order valence-electron chi connectivity index (χ2n) is 7.08. The number of hydrogen-bond acceptors (Lipinski definition) is 6. The molecule has 0 spiro atoms. The number of carbonyl (C=O) groups excluding carboxylic acids is 1. The van der Waals surface area contributed by atoms with E-state index in [0.29, 0.717) is 5.69 Å². The van der Waals surface area contributed by atoms with E-state index in [1.54, 1.807) is 5.38 Å². The number of aryl methyl sites for hydroxylation is 3. The highest BCUT2D eigenvalue weighted by Crippen LogP contribution is 2.31. The van der Waals surface area contributed by atoms with Crippen LogP contribution in [0.2, 0.25) is 0 Å². The van der Waals surface area contributed by atoms with Crippen LogP contribution < -0.4 is 10.1 Å². The quantitative estimate of drug-likeness (QED) is 0.365. The van der Waals surface area contributed by atoms with Gasteiger partial charge >= 0.3 is 6.18 Å². The predicted molar refractivity (Wildman–Crippen MR) is 114 cm³/mol. The summed E-state index contributed by atoms with van der Waals surface area (Å²) in [5.74, 6) is -1.20. The number of thiazole rings is 1. The summed E-state index contributed by atoms with van der Waals surface area (Å²) in [6.07, 6.45) is -4.59. The van der Waals surface area contributed by atoms with Crippen LogP contribution in [0.25, 0.3) is 11.3 Å². The Hall–Kier alpha value is -3.47. The number of nitrogens with zero attached hydrogens (tertiary/aromatic N) is 2. The number of alkyl halides is 3. The summed E-state index contributed by atoms with van der Waals surface area (Å²) >= 11 is 1.13. The summed E-state index contributed by atoms with van der Waals surface area (Å²) < 4.78 is 41.8. The lowest BCUT2D eigenvalue weighted by molar-refractivity contribution is -0.385. The monoisotopic (exact) mass is 465 g/mol. The van der Waals surface area contributed by atoms with Crippen molar-refractivity contribution in [3.05, 3.63) is 68.1 Å². The minimum Gasteiger partial charge on any atom is -0.484 e. The molecule has 1 N–H and O–H groups in total. The van der Waals surface area contributed by atoms with E-state index < -0.39 is 34.9 Å². The molecule has 1 aromatic heterocycles. The van der Waals surface area contributed by atoms with Crippen molar-refractivity contribution in [3.8, 4) is 17.0 Å². The number of amides is 1. The highest BCUT2D eigenvalue weighted by molar-refractivity contribution is 7.14. The van der Waals surface area contributed by atoms with Crippen LogP contribution >= 0.6 is 11.3 Å². The lowest BCUT2D eigenvalue weighted by atomic mass is 9.99. The Morgan fingerprint density at radius 2 is 1.84 bits per heavy atom. The zero-order valence-electron chi connectivity index (χ0n) is 17.2. The van der Waals surface area contributed by atoms with E-state index in [9.17, 15) is 28.1 Å². The van der Waals surface area contributed by atoms with Crippen molar-refractivity contribution >= 4 is 28.1 Å². The minimum atomic E-state index is -4.59. The van der Waals surface area contributed by atoms with Crippen LogP contribution in [-0.2, 0) is 0 Å². The molecule has 3 aromatic rings. The van der Waals surface area contributed by atoms with E-state index in [4.69, 9.17) is 0 Å². The van der Waals surface area contributed by atoms with Gasteiger partial charge in [-0.15, -0.1) is 11.3 Å². The van der Waals surface area contributed by atoms with Crippen LogP contribution in [0.5, 0.6) is 5.75 Å². The van der Waals surface area contributed by atoms with Gasteiger partial charge in [0.15, 0.2) is 11.7 Å². The molecule has 0 bridgehead atoms. The van der Waals surface area contributed by atoms with Crippen molar-refractivity contribution in [1.29, 1.82) is 0 Å². The van der Waals surface area contributed by atoms with E-state index in [1.807, 2.05) is 32.9 Å². The van der Waals surface area contributed by atoms with Gasteiger partial charge in [0.1, 0.15) is 11.3 Å². The summed E-state index contributed by atoms with van der Waals surface area (Å²) in [6.45, 7) is 4.32. The van der Waals surface area contributed by atoms with Gasteiger partial charge in [-0.3, -0.25) is 20.2 Å². The van der Waals surface area contributed by atoms with Crippen molar-refractivity contribution in [2.75, 3.05) is 11.9 Å². The third-order valence-electron chi connectivity index (χ3n) is 4.65. The summed E-state index contributed by atoms with van der Waals surface area (Å²) in [4.78, 5) is 27.5. The summed E-state index contributed by atoms with van der Waals surface area (Å²) in [7, 11) is 0. The van der Waals surface area contributed by atoms with E-state index in [1.165, 1.54) is 0 Å². The molecule has 1 heterocycles. The van der Waals surface area contributed by atoms with Crippen LogP contribution in [-0.4, -0.2) is 28.6 Å². The second-order valence-corrected chi connectivity index (χ2v) is 7.94. The number of ether oxygens (including phenoxy) is 1. The first-order valence-electron chi connectivity index (χ1n) is 9.27. The zero-order valence-corrected chi connectivity index (χ0v) is 18.1. The molecule has 3 rings (SSSR count). The third kappa shape index (κ3) is 5.41. The van der Waals surface area contributed by atoms with Crippen molar-refractivity contribution in [2.45, 2.75) is 26.9 Å². The Morgan fingerprint density at radius 3 is 2.50 bits per heavy atom. The standard InChI is InChI=1S/C21H18F3N3O4S/c1-11-6-13(3)15(7-12(11)2)17-9-32-20(25-17)26-19(28)16-8-14(31-10-21(22,23)24)4-5-18(16)27(29)30/h4-9H,10H2,1-3H3,(H,25,26,28). The Bertz CT molecular complexity index is 1190. The SMILES string of the molecule is Cc1cc(C)c(-c2csc(NC(=O)c3cc(OCC(F)(F)F)ccc3[N+](=O)[O-])n2)cc1C. The van der Waals surface area contributed by atoms with E-state index in [2.05, 4.69) is 15.0 Å². The van der Waals surface area contributed by atoms with Crippen LogP contribution in [0.4, 0.5) is 24.0 Å². The predicted octanol–water partition coefficient (Wildman–Crippen LogP) is 5.84. The lowest BCUT2D eigenvalue weighted by Crippen LogP contribution is -2.20. The fourth-order valence-electron chi connectivity index (χ4n) is 2.97. The molecule has 0 aliphatic heterocycles. The summed E-state index contributed by atoms with van der Waals surface area (Å²) in [5, 5.41) is 15.7. The minimum absolute atomic E-state index is 0.193. The first-order chi connectivity index (χ1) is 14.9. The highest BCUT2D eigenvalue weighted by Gasteiger charge is 2.29. The number of anilines is 1. The van der Waals surface area contributed by atoms with Crippen molar-refractivity contribution in [3.63, 3.8) is 0 Å². The van der Waals surface area contributed by atoms with Crippen molar-refractivity contribution < 1.29 is 27.6 Å². The summed E-state index contributed by atoms with van der Waals surface area (Å²) in [5.41, 5.74) is 3.73. The largest absolute Gasteiger partial charge is 0.484 e. The molecule has 168 valence electrons. The molecular weight excluding hydrogens is 447 g/mol. The van der Waals surface area contributed by atoms with Gasteiger partial charge in [-0.05, 0) is 55.7 Å². The molecule has 32 heavy (non-hydrogen) atoms. The number of rotatable bonds is 6. The second kappa shape index (κ2) is 8.95. The van der Waals surface area contributed by atoms with Gasteiger partial charge in [-0.25, -0.2) is 4.98 Å². The zero-order chi connectivity index (χ0) is 23.6. The maximum absolute atomic E-state index is 12.7. The molecule has 7 nitrogen and oxygen atoms in total. The number of hydrogen-bond donors (Lipinski definition) is 1. The number of benzene rings is 2. The molecule has 1 amide bonds. The molecule has 0 radical (unpaired) electrons. The Kier molecular flexibility index (Phi) is 6.49. The molecule has 0 saturated heterocycles. The van der Waals surface area contributed by atoms with Gasteiger partial charge in [0.05, 0.1) is 10.6 Å². The first-order valence-corrected chi connectivity index (χ1v) is 10.2. The first kappa shape index (κ1) is 23.2. The number of halogens is 3. The molecule has 0 saturated carbocycles. The molecule has 2 aromatic carbocycles. The van der Waals surface area contributed by atoms with Crippen LogP contribution in [0.1, 0.15) is 27.0 Å². The molecule has 0 aliphatic carbocycles. The molecule has 0 fully saturated rings. The highest BCUT2D eigenvalue weighted by atomic mass is 32.1. The fraction of sp³-hybridized carbons (Fsp3) is 0.238. The van der Waals surface area contributed by atoms with Crippen molar-refractivity contribution in [2.24, 2.45) is 0 Å². The van der Waals surface area contributed by atoms with Crippen LogP contribution in [0.15, 0.2) is 35.7 Å². The Labute approximate surface area is 185 Å². The Morgan fingerprint density at radius 1 is 1.16 bits per heavy atom. The maximum atomic E-state index is 12.7. The number of nitro benzene ring substituents is 1. The molecular formula is C21H18F3N3O4S. The average Bonchev–Trinajstić information content (AvgIpc) is 3.16. The smallest absolute Gasteiger partial charge is 0.422 e. The molecule has 0 unspecified atom stereocenters. The molecule has 0 atom stereocenters. The van der Waals surface area contributed by atoms with E-state index in [0.717, 1.165) is 51.8 Å². The Balaban J connectivity index is 1.85. The number of nitrogens with one attached hydrogen (secondary N) is 1. The summed E-state index contributed by atoms with van der Waals surface area (Å²) in [6, 6.07) is 6.84. The average molecular weight is 465 g/mol. The fourth-order valence-corrected chi connectivity index (χ4v) is 3.67. The molecule has 0 aliphatic rings. The third-order valence-corrected chi connectivity index (χ3v) is 5.41. The van der Waals surface area contributed by atoms with E-state index in [-0.39, 0.29) is 10.9 Å². The van der Waals surface area contributed by atoms with Gasteiger partial charge < -0.3 is 4.74 Å². The van der Waals surface area contributed by atoms with Gasteiger partial charge in [0.2, 0.25) is 0 Å². The van der Waals surface area contributed by atoms with Crippen molar-refractivity contribution in [1.82, 2.24) is 4.98 Å². The normalized spacial score (nSPS) is 11.3. The van der Waals surface area contributed by atoms with Gasteiger partial charge in [-0.2, -0.15) is 13.2 Å². The topological polar surface area (TPSA) is 94.4 Å². The van der Waals surface area contributed by atoms with Gasteiger partial charge in [-0.1, -0.05) is 6.07 Å². The van der Waals surface area contributed by atoms with E-state index >= 15 is 0 Å².